The molecule has 0 aromatic heterocycles. The Labute approximate surface area is 323 Å². The maximum Gasteiger partial charge on any atom is 0.306 e. The molecule has 0 aliphatic carbocycles. The first-order valence-electron chi connectivity index (χ1n) is 23.0. The molecular formula is C46H88O6. The van der Waals surface area contributed by atoms with Crippen molar-refractivity contribution in [2.24, 2.45) is 0 Å². The van der Waals surface area contributed by atoms with Crippen molar-refractivity contribution in [3.8, 4) is 0 Å². The van der Waals surface area contributed by atoms with Gasteiger partial charge < -0.3 is 14.2 Å². The zero-order valence-electron chi connectivity index (χ0n) is 35.1. The van der Waals surface area contributed by atoms with Crippen molar-refractivity contribution < 1.29 is 28.6 Å². The number of unbranched alkanes of at least 4 members (excludes halogenated alkanes) is 31. The first-order valence-corrected chi connectivity index (χ1v) is 23.0. The zero-order chi connectivity index (χ0) is 38.0. The monoisotopic (exact) mass is 737 g/mol. The molecule has 0 aliphatic rings. The number of hydrogen-bond acceptors (Lipinski definition) is 6. The molecule has 0 fully saturated rings. The predicted molar refractivity (Wildman–Crippen MR) is 220 cm³/mol. The first kappa shape index (κ1) is 50.4. The molecule has 0 bridgehead atoms. The van der Waals surface area contributed by atoms with Gasteiger partial charge in [0, 0.05) is 19.3 Å². The number of rotatable bonds is 42. The second-order valence-electron chi connectivity index (χ2n) is 15.7. The van der Waals surface area contributed by atoms with E-state index in [1.165, 1.54) is 154 Å². The topological polar surface area (TPSA) is 78.9 Å². The molecule has 0 rings (SSSR count). The van der Waals surface area contributed by atoms with Crippen molar-refractivity contribution in [1.82, 2.24) is 0 Å². The maximum atomic E-state index is 12.7. The van der Waals surface area contributed by atoms with Gasteiger partial charge in [0.1, 0.15) is 13.2 Å². The van der Waals surface area contributed by atoms with Crippen molar-refractivity contribution in [3.63, 3.8) is 0 Å². The third-order valence-electron chi connectivity index (χ3n) is 10.4. The molecule has 0 aromatic carbocycles. The minimum Gasteiger partial charge on any atom is -0.462 e. The highest BCUT2D eigenvalue weighted by molar-refractivity contribution is 5.71. The molecule has 0 saturated heterocycles. The van der Waals surface area contributed by atoms with Crippen LogP contribution in [0.25, 0.3) is 0 Å². The molecule has 0 saturated carbocycles. The van der Waals surface area contributed by atoms with E-state index in [1.54, 1.807) is 0 Å². The second kappa shape index (κ2) is 42.2. The van der Waals surface area contributed by atoms with Crippen molar-refractivity contribution in [3.05, 3.63) is 0 Å². The fourth-order valence-electron chi connectivity index (χ4n) is 6.85. The van der Waals surface area contributed by atoms with Crippen LogP contribution >= 0.6 is 0 Å². The van der Waals surface area contributed by atoms with Crippen LogP contribution in [0.3, 0.4) is 0 Å². The summed E-state index contributed by atoms with van der Waals surface area (Å²) in [6.45, 7) is 6.57. The van der Waals surface area contributed by atoms with Gasteiger partial charge in [-0.25, -0.2) is 0 Å². The summed E-state index contributed by atoms with van der Waals surface area (Å²) >= 11 is 0. The molecule has 0 unspecified atom stereocenters. The van der Waals surface area contributed by atoms with E-state index >= 15 is 0 Å². The Balaban J connectivity index is 4.13. The highest BCUT2D eigenvalue weighted by Crippen LogP contribution is 2.16. The number of carbonyl (C=O) groups is 3. The summed E-state index contributed by atoms with van der Waals surface area (Å²) in [7, 11) is 0. The molecule has 0 heterocycles. The molecule has 0 spiro atoms. The van der Waals surface area contributed by atoms with Gasteiger partial charge in [0.15, 0.2) is 6.10 Å². The summed E-state index contributed by atoms with van der Waals surface area (Å²) in [4.78, 5) is 37.4. The standard InChI is InChI=1S/C46H88O6/c1-4-7-10-13-15-17-19-20-21-22-23-24-25-27-29-31-34-37-40-46(49)52-43(41-50-44(47)38-35-32-12-9-6-3)42-51-45(48)39-36-33-30-28-26-18-16-14-11-8-5-2/h43H,4-42H2,1-3H3/t43-/m1/s1. The SMILES string of the molecule is CCCCCCCCCCCCCCCCCCCCC(=O)O[C@H](COC(=O)CCCCCCC)COC(=O)CCCCCCCCCCCCC. The Morgan fingerprint density at radius 3 is 0.769 bits per heavy atom. The summed E-state index contributed by atoms with van der Waals surface area (Å²) in [5.74, 6) is -0.866. The van der Waals surface area contributed by atoms with Crippen LogP contribution in [0.4, 0.5) is 0 Å². The summed E-state index contributed by atoms with van der Waals surface area (Å²) in [5.41, 5.74) is 0. The molecule has 0 amide bonds. The number of esters is 3. The van der Waals surface area contributed by atoms with Gasteiger partial charge in [-0.1, -0.05) is 220 Å². The number of hydrogen-bond donors (Lipinski definition) is 0. The fraction of sp³-hybridized carbons (Fsp3) is 0.935. The Bertz CT molecular complexity index is 768. The molecule has 308 valence electrons. The largest absolute Gasteiger partial charge is 0.462 e. The molecular weight excluding hydrogens is 648 g/mol. The van der Waals surface area contributed by atoms with Crippen LogP contribution in [0, 0.1) is 0 Å². The van der Waals surface area contributed by atoms with Gasteiger partial charge in [0.2, 0.25) is 0 Å². The first-order chi connectivity index (χ1) is 25.5. The molecule has 0 radical (unpaired) electrons. The average molecular weight is 737 g/mol. The molecule has 52 heavy (non-hydrogen) atoms. The van der Waals surface area contributed by atoms with Crippen molar-refractivity contribution in [2.45, 2.75) is 264 Å². The maximum absolute atomic E-state index is 12.7. The number of ether oxygens (including phenoxy) is 3. The lowest BCUT2D eigenvalue weighted by Gasteiger charge is -2.18. The van der Waals surface area contributed by atoms with Gasteiger partial charge in [0.05, 0.1) is 0 Å². The molecule has 0 aromatic rings. The third-order valence-corrected chi connectivity index (χ3v) is 10.4. The van der Waals surface area contributed by atoms with E-state index in [9.17, 15) is 14.4 Å². The van der Waals surface area contributed by atoms with E-state index in [0.29, 0.717) is 19.3 Å². The van der Waals surface area contributed by atoms with Gasteiger partial charge in [0.25, 0.3) is 0 Å². The van der Waals surface area contributed by atoms with Crippen LogP contribution in [-0.4, -0.2) is 37.2 Å². The summed E-state index contributed by atoms with van der Waals surface area (Å²) < 4.78 is 16.6. The molecule has 6 nitrogen and oxygen atoms in total. The molecule has 0 N–H and O–H groups in total. The molecule has 0 aliphatic heterocycles. The lowest BCUT2D eigenvalue weighted by molar-refractivity contribution is -0.167. The number of carbonyl (C=O) groups excluding carboxylic acids is 3. The minimum absolute atomic E-state index is 0.0640. The van der Waals surface area contributed by atoms with Crippen LogP contribution in [0.15, 0.2) is 0 Å². The van der Waals surface area contributed by atoms with E-state index in [1.807, 2.05) is 0 Å². The highest BCUT2D eigenvalue weighted by atomic mass is 16.6. The quantitative estimate of drug-likeness (QED) is 0.0353. The summed E-state index contributed by atoms with van der Waals surface area (Å²) in [6, 6.07) is 0. The normalized spacial score (nSPS) is 11.8. The van der Waals surface area contributed by atoms with Gasteiger partial charge >= 0.3 is 17.9 Å². The van der Waals surface area contributed by atoms with Crippen molar-refractivity contribution >= 4 is 17.9 Å². The summed E-state index contributed by atoms with van der Waals surface area (Å²) in [5, 5.41) is 0. The third kappa shape index (κ3) is 39.6. The van der Waals surface area contributed by atoms with Gasteiger partial charge in [-0.15, -0.1) is 0 Å². The Morgan fingerprint density at radius 1 is 0.308 bits per heavy atom. The summed E-state index contributed by atoms with van der Waals surface area (Å²) in [6.07, 6.45) is 42.6. The molecule has 1 atom stereocenters. The van der Waals surface area contributed by atoms with E-state index in [2.05, 4.69) is 20.8 Å². The van der Waals surface area contributed by atoms with E-state index in [4.69, 9.17) is 14.2 Å². The molecule has 6 heteroatoms. The van der Waals surface area contributed by atoms with Crippen LogP contribution in [0.2, 0.25) is 0 Å². The zero-order valence-corrected chi connectivity index (χ0v) is 35.1. The van der Waals surface area contributed by atoms with Crippen LogP contribution < -0.4 is 0 Å². The van der Waals surface area contributed by atoms with Gasteiger partial charge in [-0.3, -0.25) is 14.4 Å². The predicted octanol–water partition coefficient (Wildman–Crippen LogP) is 14.5. The van der Waals surface area contributed by atoms with Crippen LogP contribution in [0.1, 0.15) is 258 Å². The lowest BCUT2D eigenvalue weighted by atomic mass is 10.0. The van der Waals surface area contributed by atoms with E-state index < -0.39 is 6.10 Å². The smallest absolute Gasteiger partial charge is 0.306 e. The van der Waals surface area contributed by atoms with Gasteiger partial charge in [-0.2, -0.15) is 0 Å². The highest BCUT2D eigenvalue weighted by Gasteiger charge is 2.19. The Kier molecular flexibility index (Phi) is 40.9. The Hall–Kier alpha value is -1.59. The van der Waals surface area contributed by atoms with E-state index in [0.717, 1.165) is 64.2 Å². The van der Waals surface area contributed by atoms with Gasteiger partial charge in [-0.05, 0) is 19.3 Å². The van der Waals surface area contributed by atoms with Crippen LogP contribution in [-0.2, 0) is 28.6 Å². The lowest BCUT2D eigenvalue weighted by Crippen LogP contribution is -2.30. The fourth-order valence-corrected chi connectivity index (χ4v) is 6.85. The van der Waals surface area contributed by atoms with Crippen LogP contribution in [0.5, 0.6) is 0 Å². The van der Waals surface area contributed by atoms with Crippen molar-refractivity contribution in [1.29, 1.82) is 0 Å². The minimum atomic E-state index is -0.756. The average Bonchev–Trinajstić information content (AvgIpc) is 3.14. The van der Waals surface area contributed by atoms with E-state index in [-0.39, 0.29) is 31.1 Å². The second-order valence-corrected chi connectivity index (χ2v) is 15.7. The van der Waals surface area contributed by atoms with Crippen molar-refractivity contribution in [2.75, 3.05) is 13.2 Å². The Morgan fingerprint density at radius 2 is 0.519 bits per heavy atom.